The minimum Gasteiger partial charge on any atom is -0.348 e. The molecule has 0 aliphatic carbocycles. The summed E-state index contributed by atoms with van der Waals surface area (Å²) in [6, 6.07) is 13.7. The van der Waals surface area contributed by atoms with E-state index in [0.717, 1.165) is 15.9 Å². The molecule has 1 amide bonds. The van der Waals surface area contributed by atoms with Crippen molar-refractivity contribution in [2.75, 3.05) is 0 Å². The Morgan fingerprint density at radius 3 is 2.62 bits per heavy atom. The first-order valence-electron chi connectivity index (χ1n) is 7.38. The van der Waals surface area contributed by atoms with Crippen LogP contribution in [-0.2, 0) is 6.54 Å². The van der Waals surface area contributed by atoms with Crippen molar-refractivity contribution < 1.29 is 9.18 Å². The highest BCUT2D eigenvalue weighted by molar-refractivity contribution is 9.10. The van der Waals surface area contributed by atoms with Crippen molar-refractivity contribution in [3.63, 3.8) is 0 Å². The van der Waals surface area contributed by atoms with Gasteiger partial charge < -0.3 is 5.32 Å². The lowest BCUT2D eigenvalue weighted by atomic mass is 10.1. The van der Waals surface area contributed by atoms with Crippen LogP contribution in [0.4, 0.5) is 4.39 Å². The van der Waals surface area contributed by atoms with Crippen LogP contribution in [0.5, 0.6) is 0 Å². The molecule has 0 aliphatic rings. The van der Waals surface area contributed by atoms with Crippen molar-refractivity contribution in [2.24, 2.45) is 0 Å². The van der Waals surface area contributed by atoms with E-state index in [4.69, 9.17) is 0 Å². The number of nitrogens with one attached hydrogen (secondary N) is 1. The number of nitrogens with zero attached hydrogens (tertiary/aromatic N) is 2. The molecule has 0 radical (unpaired) electrons. The van der Waals surface area contributed by atoms with E-state index < -0.39 is 0 Å². The summed E-state index contributed by atoms with van der Waals surface area (Å²) in [5.41, 5.74) is 2.84. The molecule has 122 valence electrons. The van der Waals surface area contributed by atoms with Crippen LogP contribution in [0, 0.1) is 12.7 Å². The number of aromatic nitrogens is 2. The molecular formula is C18H15BrFN3O. The molecule has 4 nitrogen and oxygen atoms in total. The fourth-order valence-corrected chi connectivity index (χ4v) is 2.76. The predicted molar refractivity (Wildman–Crippen MR) is 93.6 cm³/mol. The third kappa shape index (κ3) is 3.54. The van der Waals surface area contributed by atoms with Crippen LogP contribution in [0.1, 0.15) is 21.6 Å². The van der Waals surface area contributed by atoms with Crippen LogP contribution in [0.2, 0.25) is 0 Å². The fourth-order valence-electron chi connectivity index (χ4n) is 2.35. The van der Waals surface area contributed by atoms with E-state index in [2.05, 4.69) is 26.3 Å². The van der Waals surface area contributed by atoms with Gasteiger partial charge in [-0.2, -0.15) is 5.10 Å². The third-order valence-electron chi connectivity index (χ3n) is 3.65. The van der Waals surface area contributed by atoms with Crippen LogP contribution in [0.25, 0.3) is 5.69 Å². The van der Waals surface area contributed by atoms with Crippen LogP contribution < -0.4 is 5.32 Å². The van der Waals surface area contributed by atoms with E-state index >= 15 is 0 Å². The monoisotopic (exact) mass is 387 g/mol. The van der Waals surface area contributed by atoms with Gasteiger partial charge >= 0.3 is 0 Å². The molecule has 0 spiro atoms. The smallest absolute Gasteiger partial charge is 0.251 e. The van der Waals surface area contributed by atoms with E-state index in [-0.39, 0.29) is 18.3 Å². The van der Waals surface area contributed by atoms with Gasteiger partial charge in [0.25, 0.3) is 5.91 Å². The summed E-state index contributed by atoms with van der Waals surface area (Å²) in [6.45, 7) is 2.09. The van der Waals surface area contributed by atoms with Crippen molar-refractivity contribution in [1.29, 1.82) is 0 Å². The topological polar surface area (TPSA) is 46.9 Å². The average Bonchev–Trinajstić information content (AvgIpc) is 3.01. The molecule has 3 aromatic rings. The van der Waals surface area contributed by atoms with Crippen molar-refractivity contribution in [1.82, 2.24) is 15.1 Å². The van der Waals surface area contributed by atoms with Gasteiger partial charge in [0.1, 0.15) is 5.82 Å². The van der Waals surface area contributed by atoms with E-state index in [0.29, 0.717) is 11.1 Å². The summed E-state index contributed by atoms with van der Waals surface area (Å²) in [6.07, 6.45) is 1.72. The van der Waals surface area contributed by atoms with E-state index in [9.17, 15) is 9.18 Å². The average molecular weight is 388 g/mol. The maximum atomic E-state index is 13.7. The van der Waals surface area contributed by atoms with Crippen LogP contribution in [-0.4, -0.2) is 15.7 Å². The van der Waals surface area contributed by atoms with E-state index in [1.807, 2.05) is 25.1 Å². The Balaban J connectivity index is 1.69. The number of aryl methyl sites for hydroxylation is 1. The van der Waals surface area contributed by atoms with Gasteiger partial charge in [-0.1, -0.05) is 15.9 Å². The Morgan fingerprint density at radius 2 is 1.96 bits per heavy atom. The molecule has 0 saturated heterocycles. The zero-order chi connectivity index (χ0) is 17.1. The molecule has 0 saturated carbocycles. The molecule has 0 aliphatic heterocycles. The van der Waals surface area contributed by atoms with Gasteiger partial charge in [-0.15, -0.1) is 0 Å². The summed E-state index contributed by atoms with van der Waals surface area (Å²) in [5.74, 6) is -0.596. The second kappa shape index (κ2) is 6.97. The van der Waals surface area contributed by atoms with E-state index in [1.54, 1.807) is 35.1 Å². The molecule has 0 bridgehead atoms. The number of halogens is 2. The van der Waals surface area contributed by atoms with Crippen LogP contribution in [0.3, 0.4) is 0 Å². The first-order valence-corrected chi connectivity index (χ1v) is 8.17. The quantitative estimate of drug-likeness (QED) is 0.734. The number of amides is 1. The standard InChI is InChI=1S/C18H15BrFN3O/c1-12-8-9-22-23(12)16-5-2-13(3-6-16)18(24)21-11-14-10-15(19)4-7-17(14)20/h2-10H,11H2,1H3,(H,21,24). The van der Waals surface area contributed by atoms with E-state index in [1.165, 1.54) is 6.07 Å². The largest absolute Gasteiger partial charge is 0.348 e. The molecule has 3 rings (SSSR count). The predicted octanol–water partition coefficient (Wildman–Crippen LogP) is 4.01. The Morgan fingerprint density at radius 1 is 1.21 bits per heavy atom. The normalized spacial score (nSPS) is 10.6. The first kappa shape index (κ1) is 16.4. The van der Waals surface area contributed by atoms with Crippen LogP contribution in [0.15, 0.2) is 59.2 Å². The summed E-state index contributed by atoms with van der Waals surface area (Å²) in [4.78, 5) is 12.2. The van der Waals surface area contributed by atoms with Gasteiger partial charge in [0.15, 0.2) is 0 Å². The molecule has 24 heavy (non-hydrogen) atoms. The van der Waals surface area contributed by atoms with Gasteiger partial charge in [0.2, 0.25) is 0 Å². The van der Waals surface area contributed by atoms with Crippen molar-refractivity contribution in [2.45, 2.75) is 13.5 Å². The lowest BCUT2D eigenvalue weighted by molar-refractivity contribution is 0.0950. The zero-order valence-electron chi connectivity index (χ0n) is 13.0. The van der Waals surface area contributed by atoms with Gasteiger partial charge in [-0.05, 0) is 55.5 Å². The number of hydrogen-bond donors (Lipinski definition) is 1. The number of carbonyl (C=O) groups excluding carboxylic acids is 1. The van der Waals surface area contributed by atoms with Gasteiger partial charge in [0.05, 0.1) is 5.69 Å². The zero-order valence-corrected chi connectivity index (χ0v) is 14.5. The lowest BCUT2D eigenvalue weighted by Crippen LogP contribution is -2.23. The second-order valence-corrected chi connectivity index (χ2v) is 6.27. The number of carbonyl (C=O) groups is 1. The molecule has 0 atom stereocenters. The summed E-state index contributed by atoms with van der Waals surface area (Å²) < 4.78 is 16.2. The van der Waals surface area contributed by atoms with Crippen LogP contribution >= 0.6 is 15.9 Å². The second-order valence-electron chi connectivity index (χ2n) is 5.35. The maximum Gasteiger partial charge on any atom is 0.251 e. The van der Waals surface area contributed by atoms with Crippen molar-refractivity contribution in [3.8, 4) is 5.69 Å². The molecule has 1 aromatic heterocycles. The third-order valence-corrected chi connectivity index (χ3v) is 4.15. The Bertz CT molecular complexity index is 874. The summed E-state index contributed by atoms with van der Waals surface area (Å²) in [7, 11) is 0. The van der Waals surface area contributed by atoms with Crippen molar-refractivity contribution >= 4 is 21.8 Å². The Kier molecular flexibility index (Phi) is 4.76. The highest BCUT2D eigenvalue weighted by Crippen LogP contribution is 2.16. The van der Waals surface area contributed by atoms with Gasteiger partial charge in [-0.25, -0.2) is 9.07 Å². The summed E-state index contributed by atoms with van der Waals surface area (Å²) >= 11 is 3.29. The SMILES string of the molecule is Cc1ccnn1-c1ccc(C(=O)NCc2cc(Br)ccc2F)cc1. The minimum absolute atomic E-state index is 0.129. The highest BCUT2D eigenvalue weighted by atomic mass is 79.9. The Hall–Kier alpha value is -2.47. The molecule has 0 unspecified atom stereocenters. The maximum absolute atomic E-state index is 13.7. The van der Waals surface area contributed by atoms with Gasteiger partial charge in [-0.3, -0.25) is 4.79 Å². The molecular weight excluding hydrogens is 373 g/mol. The molecule has 6 heteroatoms. The molecule has 0 fully saturated rings. The number of benzene rings is 2. The minimum atomic E-state index is -0.344. The first-order chi connectivity index (χ1) is 11.5. The number of rotatable bonds is 4. The summed E-state index contributed by atoms with van der Waals surface area (Å²) in [5, 5.41) is 6.95. The number of hydrogen-bond acceptors (Lipinski definition) is 2. The fraction of sp³-hybridized carbons (Fsp3) is 0.111. The molecule has 1 heterocycles. The Labute approximate surface area is 147 Å². The van der Waals surface area contributed by atoms with Gasteiger partial charge in [0, 0.05) is 34.0 Å². The highest BCUT2D eigenvalue weighted by Gasteiger charge is 2.09. The molecule has 2 aromatic carbocycles. The molecule has 1 N–H and O–H groups in total. The lowest BCUT2D eigenvalue weighted by Gasteiger charge is -2.08. The van der Waals surface area contributed by atoms with Crippen molar-refractivity contribution in [3.05, 3.63) is 81.8 Å².